The van der Waals surface area contributed by atoms with Crippen molar-refractivity contribution < 1.29 is 39.2 Å². The Hall–Kier alpha value is -2.99. The summed E-state index contributed by atoms with van der Waals surface area (Å²) in [6, 6.07) is 0.256. The lowest BCUT2D eigenvalue weighted by Crippen LogP contribution is -2.63. The van der Waals surface area contributed by atoms with Crippen LogP contribution in [0.1, 0.15) is 41.3 Å². The maximum absolute atomic E-state index is 13.7. The van der Waals surface area contributed by atoms with E-state index in [1.807, 2.05) is 11.8 Å². The van der Waals surface area contributed by atoms with Crippen LogP contribution in [0.5, 0.6) is 5.75 Å². The Morgan fingerprint density at radius 1 is 1.23 bits per heavy atom. The number of fused-ring (bicyclic) bond motifs is 3. The van der Waals surface area contributed by atoms with Crippen molar-refractivity contribution in [1.29, 1.82) is 0 Å². The molecule has 12 heteroatoms. The Morgan fingerprint density at radius 2 is 1.90 bits per heavy atom. The van der Waals surface area contributed by atoms with Gasteiger partial charge in [0.2, 0.25) is 5.78 Å². The number of phenolic OH excluding ortho intramolecular Hbond substituents is 1. The highest BCUT2D eigenvalue weighted by atomic mass is 35.5. The molecule has 6 N–H and O–H groups in total. The SMILES string of the molecule is CCCN(CCF)Cc1cc(O)c2c(c1Cl)C[C@H]1C[C@H]3[C@H](N(C)C)C(O)=C(C(N)=O)C(=O)C3(O)C(O)=C1C2=O. The first-order chi connectivity index (χ1) is 18.3. The molecular weight excluding hydrogens is 533 g/mol. The van der Waals surface area contributed by atoms with E-state index in [1.165, 1.54) is 11.0 Å². The van der Waals surface area contributed by atoms with Crippen molar-refractivity contribution in [1.82, 2.24) is 9.80 Å². The average Bonchev–Trinajstić information content (AvgIpc) is 2.84. The number of rotatable bonds is 8. The predicted molar refractivity (Wildman–Crippen MR) is 140 cm³/mol. The molecule has 212 valence electrons. The quantitative estimate of drug-likeness (QED) is 0.296. The Morgan fingerprint density at radius 3 is 2.46 bits per heavy atom. The number of phenols is 1. The van der Waals surface area contributed by atoms with Gasteiger partial charge in [-0.15, -0.1) is 0 Å². The highest BCUT2D eigenvalue weighted by Crippen LogP contribution is 2.53. The second-order valence-electron chi connectivity index (χ2n) is 10.7. The van der Waals surface area contributed by atoms with Crippen LogP contribution >= 0.6 is 11.6 Å². The Bertz CT molecular complexity index is 1300. The maximum atomic E-state index is 13.7. The fraction of sp³-hybridized carbons (Fsp3) is 0.519. The molecule has 3 aliphatic rings. The van der Waals surface area contributed by atoms with Gasteiger partial charge in [0.25, 0.3) is 5.91 Å². The van der Waals surface area contributed by atoms with Crippen LogP contribution in [0.2, 0.25) is 5.02 Å². The summed E-state index contributed by atoms with van der Waals surface area (Å²) in [5, 5.41) is 44.9. The summed E-state index contributed by atoms with van der Waals surface area (Å²) >= 11 is 6.75. The first-order valence-electron chi connectivity index (χ1n) is 12.8. The van der Waals surface area contributed by atoms with Crippen molar-refractivity contribution in [2.45, 2.75) is 44.4 Å². The van der Waals surface area contributed by atoms with Gasteiger partial charge in [0, 0.05) is 29.6 Å². The predicted octanol–water partition coefficient (Wildman–Crippen LogP) is 1.96. The molecule has 4 atom stereocenters. The van der Waals surface area contributed by atoms with Crippen molar-refractivity contribution in [2.75, 3.05) is 33.9 Å². The van der Waals surface area contributed by atoms with E-state index < -0.39 is 70.5 Å². The minimum Gasteiger partial charge on any atom is -0.510 e. The number of allylic oxidation sites excluding steroid dienone is 1. The summed E-state index contributed by atoms with van der Waals surface area (Å²) in [7, 11) is 3.13. The zero-order chi connectivity index (χ0) is 29.0. The molecule has 0 radical (unpaired) electrons. The van der Waals surface area contributed by atoms with Gasteiger partial charge >= 0.3 is 0 Å². The molecule has 1 aromatic carbocycles. The number of carbonyl (C=O) groups excluding carboxylic acids is 3. The van der Waals surface area contributed by atoms with Gasteiger partial charge in [-0.2, -0.15) is 0 Å². The smallest absolute Gasteiger partial charge is 0.255 e. The fourth-order valence-corrected chi connectivity index (χ4v) is 6.70. The number of primary amides is 1. The van der Waals surface area contributed by atoms with Gasteiger partial charge in [-0.3, -0.25) is 24.2 Å². The molecule has 1 amide bonds. The lowest BCUT2D eigenvalue weighted by atomic mass is 9.58. The molecule has 0 heterocycles. The second-order valence-corrected chi connectivity index (χ2v) is 11.0. The number of hydrogen-bond acceptors (Lipinski definition) is 9. The van der Waals surface area contributed by atoms with Crippen molar-refractivity contribution in [3.8, 4) is 5.75 Å². The molecule has 0 spiro atoms. The fourth-order valence-electron chi connectivity index (χ4n) is 6.42. The summed E-state index contributed by atoms with van der Waals surface area (Å²) in [6.45, 7) is 2.42. The van der Waals surface area contributed by atoms with Crippen LogP contribution < -0.4 is 5.73 Å². The zero-order valence-electron chi connectivity index (χ0n) is 22.0. The summed E-state index contributed by atoms with van der Waals surface area (Å²) in [4.78, 5) is 42.4. The second kappa shape index (κ2) is 10.5. The lowest BCUT2D eigenvalue weighted by molar-refractivity contribution is -0.148. The number of aliphatic hydroxyl groups excluding tert-OH is 2. The summed E-state index contributed by atoms with van der Waals surface area (Å²) < 4.78 is 13.1. The standard InChI is InChI=1S/C27H33ClFN3O7/c1-4-6-32(7-5-29)11-13-10-16(33)18-14(20(13)28)8-12-9-15-21(31(2)3)23(35)19(26(30)38)25(37)27(15,39)24(36)17(12)22(18)34/h10,12,15,21,33,35-36,39H,4-9,11H2,1-3H3,(H2,30,38)/t12-,15-,21-,27?/m0/s1. The van der Waals surface area contributed by atoms with E-state index >= 15 is 0 Å². The number of halogens is 2. The van der Waals surface area contributed by atoms with E-state index in [4.69, 9.17) is 17.3 Å². The molecule has 0 aliphatic heterocycles. The molecular formula is C27H33ClFN3O7. The van der Waals surface area contributed by atoms with Crippen LogP contribution in [0.4, 0.5) is 4.39 Å². The minimum absolute atomic E-state index is 0.0309. The van der Waals surface area contributed by atoms with Crippen molar-refractivity contribution in [3.05, 3.63) is 50.4 Å². The minimum atomic E-state index is -2.70. The van der Waals surface area contributed by atoms with E-state index in [0.717, 1.165) is 6.42 Å². The number of nitrogens with two attached hydrogens (primary N) is 1. The third-order valence-corrected chi connectivity index (χ3v) is 8.54. The molecule has 10 nitrogen and oxygen atoms in total. The highest BCUT2D eigenvalue weighted by molar-refractivity contribution is 6.33. The van der Waals surface area contributed by atoms with Gasteiger partial charge in [-0.1, -0.05) is 18.5 Å². The first-order valence-corrected chi connectivity index (χ1v) is 13.1. The molecule has 0 saturated carbocycles. The Labute approximate surface area is 230 Å². The summed E-state index contributed by atoms with van der Waals surface area (Å²) in [6.07, 6.45) is 0.833. The van der Waals surface area contributed by atoms with Crippen LogP contribution in [-0.2, 0) is 22.6 Å². The largest absolute Gasteiger partial charge is 0.510 e. The van der Waals surface area contributed by atoms with Gasteiger partial charge in [0.05, 0.1) is 11.6 Å². The number of aromatic hydroxyl groups is 1. The van der Waals surface area contributed by atoms with Crippen LogP contribution in [-0.4, -0.2) is 93.2 Å². The number of Topliss-reactive ketones (excluding diaryl/α,β-unsaturated/α-hetero) is 2. The first kappa shape index (κ1) is 29.0. The van der Waals surface area contributed by atoms with E-state index in [0.29, 0.717) is 17.7 Å². The molecule has 4 rings (SSSR count). The van der Waals surface area contributed by atoms with Gasteiger partial charge < -0.3 is 26.2 Å². The number of benzene rings is 1. The van der Waals surface area contributed by atoms with Gasteiger partial charge in [0.15, 0.2) is 11.4 Å². The number of carbonyl (C=O) groups is 3. The summed E-state index contributed by atoms with van der Waals surface area (Å²) in [5.41, 5.74) is 2.24. The third-order valence-electron chi connectivity index (χ3n) is 8.07. The molecule has 3 aliphatic carbocycles. The number of ketones is 2. The Balaban J connectivity index is 1.86. The van der Waals surface area contributed by atoms with E-state index in [1.54, 1.807) is 14.1 Å². The number of likely N-dealkylation sites (N-methyl/N-ethyl adjacent to an activating group) is 1. The zero-order valence-corrected chi connectivity index (χ0v) is 22.8. The van der Waals surface area contributed by atoms with Crippen molar-refractivity contribution in [3.63, 3.8) is 0 Å². The molecule has 0 aromatic heterocycles. The number of nitrogens with zero attached hydrogens (tertiary/aromatic N) is 2. The molecule has 1 aromatic rings. The van der Waals surface area contributed by atoms with Crippen LogP contribution in [0.15, 0.2) is 28.7 Å². The highest BCUT2D eigenvalue weighted by Gasteiger charge is 2.63. The third kappa shape index (κ3) is 4.41. The molecule has 1 unspecified atom stereocenters. The molecule has 39 heavy (non-hydrogen) atoms. The Kier molecular flexibility index (Phi) is 7.83. The van der Waals surface area contributed by atoms with Crippen LogP contribution in [0.3, 0.4) is 0 Å². The van der Waals surface area contributed by atoms with E-state index in [-0.39, 0.29) is 42.1 Å². The average molecular weight is 566 g/mol. The van der Waals surface area contributed by atoms with Gasteiger partial charge in [-0.05, 0) is 63.0 Å². The monoisotopic (exact) mass is 565 g/mol. The lowest BCUT2D eigenvalue weighted by Gasteiger charge is -2.50. The molecule has 0 saturated heterocycles. The summed E-state index contributed by atoms with van der Waals surface area (Å²) in [5.74, 6) is -7.18. The van der Waals surface area contributed by atoms with Crippen molar-refractivity contribution in [2.24, 2.45) is 17.6 Å². The van der Waals surface area contributed by atoms with Gasteiger partial charge in [0.1, 0.15) is 29.5 Å². The molecule has 0 fully saturated rings. The number of alkyl halides is 1. The molecule has 0 bridgehead atoms. The number of hydrogen-bond donors (Lipinski definition) is 5. The topological polar surface area (TPSA) is 165 Å². The van der Waals surface area contributed by atoms with E-state index in [2.05, 4.69) is 0 Å². The number of aliphatic hydroxyl groups is 3. The number of amides is 1. The maximum Gasteiger partial charge on any atom is 0.255 e. The van der Waals surface area contributed by atoms with E-state index in [9.17, 15) is 39.2 Å². The van der Waals surface area contributed by atoms with Crippen LogP contribution in [0, 0.1) is 11.8 Å². The van der Waals surface area contributed by atoms with Crippen molar-refractivity contribution >= 4 is 29.1 Å². The van der Waals surface area contributed by atoms with Crippen LogP contribution in [0.25, 0.3) is 0 Å². The van der Waals surface area contributed by atoms with Gasteiger partial charge in [-0.25, -0.2) is 4.39 Å². The normalized spacial score (nSPS) is 26.7.